The van der Waals surface area contributed by atoms with E-state index in [0.29, 0.717) is 29.2 Å². The zero-order valence-corrected chi connectivity index (χ0v) is 16.1. The molecule has 1 atom stereocenters. The molecule has 0 saturated carbocycles. The van der Waals surface area contributed by atoms with Gasteiger partial charge in [0.25, 0.3) is 5.91 Å². The van der Waals surface area contributed by atoms with Gasteiger partial charge in [-0.3, -0.25) is 4.79 Å². The van der Waals surface area contributed by atoms with Crippen LogP contribution in [0.25, 0.3) is 11.3 Å². The van der Waals surface area contributed by atoms with Crippen molar-refractivity contribution in [2.75, 3.05) is 19.5 Å². The number of para-hydroxylation sites is 1. The van der Waals surface area contributed by atoms with E-state index in [2.05, 4.69) is 15.6 Å². The highest BCUT2D eigenvalue weighted by Gasteiger charge is 2.24. The lowest BCUT2D eigenvalue weighted by Crippen LogP contribution is -2.32. The molecule has 0 unspecified atom stereocenters. The molecule has 0 aliphatic rings. The van der Waals surface area contributed by atoms with Crippen LogP contribution in [0.3, 0.4) is 0 Å². The molecule has 3 aromatic rings. The number of aromatic nitrogens is 2. The topological polar surface area (TPSA) is 95.7 Å². The van der Waals surface area contributed by atoms with Crippen molar-refractivity contribution in [1.82, 2.24) is 10.3 Å². The zero-order valence-electron chi connectivity index (χ0n) is 16.1. The van der Waals surface area contributed by atoms with Crippen LogP contribution in [0.2, 0.25) is 0 Å². The van der Waals surface area contributed by atoms with Gasteiger partial charge in [0.15, 0.2) is 34.9 Å². The highest BCUT2D eigenvalue weighted by Crippen LogP contribution is 2.34. The number of anilines is 1. The number of nitrogens with zero attached hydrogens (tertiary/aromatic N) is 2. The minimum atomic E-state index is -0.929. The molecular weight excluding hydrogens is 381 g/mol. The number of rotatable bonds is 8. The number of carbonyl (C=O) groups is 1. The molecule has 0 saturated heterocycles. The van der Waals surface area contributed by atoms with Gasteiger partial charge >= 0.3 is 0 Å². The molecule has 0 spiro atoms. The van der Waals surface area contributed by atoms with Gasteiger partial charge in [-0.1, -0.05) is 19.1 Å². The van der Waals surface area contributed by atoms with E-state index in [0.717, 1.165) is 0 Å². The molecule has 29 heavy (non-hydrogen) atoms. The summed E-state index contributed by atoms with van der Waals surface area (Å²) in [5, 5.41) is 10.2. The average Bonchev–Trinajstić information content (AvgIpc) is 3.20. The first-order valence-electron chi connectivity index (χ1n) is 8.84. The maximum absolute atomic E-state index is 13.8. The summed E-state index contributed by atoms with van der Waals surface area (Å²) in [5.74, 6) is 0.0777. The van der Waals surface area contributed by atoms with Crippen LogP contribution in [-0.4, -0.2) is 36.5 Å². The molecule has 0 fully saturated rings. The molecule has 1 heterocycles. The van der Waals surface area contributed by atoms with Crippen molar-refractivity contribution in [3.63, 3.8) is 0 Å². The van der Waals surface area contributed by atoms with Crippen molar-refractivity contribution in [3.05, 3.63) is 48.3 Å². The molecule has 8 nitrogen and oxygen atoms in total. The van der Waals surface area contributed by atoms with Gasteiger partial charge in [-0.2, -0.15) is 0 Å². The van der Waals surface area contributed by atoms with Gasteiger partial charge in [0.2, 0.25) is 5.82 Å². The minimum Gasteiger partial charge on any atom is -0.493 e. The molecule has 1 aromatic heterocycles. The maximum atomic E-state index is 13.8. The summed E-state index contributed by atoms with van der Waals surface area (Å²) in [6.07, 6.45) is -0.612. The highest BCUT2D eigenvalue weighted by atomic mass is 19.1. The fourth-order valence-electron chi connectivity index (χ4n) is 2.66. The molecule has 2 aromatic carbocycles. The van der Waals surface area contributed by atoms with E-state index in [9.17, 15) is 9.18 Å². The second-order valence-electron chi connectivity index (χ2n) is 5.97. The van der Waals surface area contributed by atoms with Crippen LogP contribution in [-0.2, 0) is 4.79 Å². The standard InChI is InChI=1S/C20H20FN3O5/c1-4-14(28-15-8-6-5-7-13(15)21)20(25)22-19-18(23-29-24-19)12-9-10-16(26-2)17(11-12)27-3/h5-11,14H,4H2,1-3H3,(H,22,24,25)/t14-/m1/s1. The number of ether oxygens (including phenoxy) is 3. The molecule has 0 aliphatic heterocycles. The molecule has 1 N–H and O–H groups in total. The number of hydrogen-bond donors (Lipinski definition) is 1. The van der Waals surface area contributed by atoms with Crippen molar-refractivity contribution in [2.24, 2.45) is 0 Å². The number of amides is 1. The fourth-order valence-corrected chi connectivity index (χ4v) is 2.66. The Bertz CT molecular complexity index is 992. The van der Waals surface area contributed by atoms with Gasteiger partial charge in [-0.05, 0) is 47.1 Å². The zero-order chi connectivity index (χ0) is 20.8. The summed E-state index contributed by atoms with van der Waals surface area (Å²) in [5.41, 5.74) is 0.905. The SMILES string of the molecule is CC[C@@H](Oc1ccccc1F)C(=O)Nc1nonc1-c1ccc(OC)c(OC)c1. The van der Waals surface area contributed by atoms with Crippen molar-refractivity contribution in [3.8, 4) is 28.5 Å². The Balaban J connectivity index is 1.80. The van der Waals surface area contributed by atoms with Crippen LogP contribution in [0.5, 0.6) is 17.2 Å². The van der Waals surface area contributed by atoms with Gasteiger partial charge in [0.1, 0.15) is 0 Å². The Morgan fingerprint density at radius 2 is 1.86 bits per heavy atom. The predicted octanol–water partition coefficient (Wildman–Crippen LogP) is 3.69. The third kappa shape index (κ3) is 4.45. The first kappa shape index (κ1) is 20.1. The van der Waals surface area contributed by atoms with Crippen LogP contribution in [0.15, 0.2) is 47.1 Å². The molecule has 0 bridgehead atoms. The summed E-state index contributed by atoms with van der Waals surface area (Å²) < 4.78 is 34.6. The number of methoxy groups -OCH3 is 2. The Hall–Kier alpha value is -3.62. The number of nitrogens with one attached hydrogen (secondary N) is 1. The van der Waals surface area contributed by atoms with E-state index < -0.39 is 17.8 Å². The number of hydrogen-bond acceptors (Lipinski definition) is 7. The lowest BCUT2D eigenvalue weighted by molar-refractivity contribution is -0.122. The second-order valence-corrected chi connectivity index (χ2v) is 5.97. The van der Waals surface area contributed by atoms with Gasteiger partial charge in [-0.25, -0.2) is 9.02 Å². The lowest BCUT2D eigenvalue weighted by atomic mass is 10.1. The Kier molecular flexibility index (Phi) is 6.28. The fraction of sp³-hybridized carbons (Fsp3) is 0.250. The van der Waals surface area contributed by atoms with E-state index >= 15 is 0 Å². The highest BCUT2D eigenvalue weighted by molar-refractivity contribution is 5.96. The summed E-state index contributed by atoms with van der Waals surface area (Å²) in [6, 6.07) is 11.0. The van der Waals surface area contributed by atoms with Crippen molar-refractivity contribution in [2.45, 2.75) is 19.4 Å². The average molecular weight is 401 g/mol. The van der Waals surface area contributed by atoms with E-state index in [-0.39, 0.29) is 11.6 Å². The Labute approximate surface area is 166 Å². The van der Waals surface area contributed by atoms with E-state index in [1.165, 1.54) is 26.4 Å². The molecule has 0 aliphatic carbocycles. The van der Waals surface area contributed by atoms with Gasteiger partial charge in [0.05, 0.1) is 14.2 Å². The van der Waals surface area contributed by atoms with Crippen LogP contribution in [0, 0.1) is 5.82 Å². The van der Waals surface area contributed by atoms with Crippen LogP contribution >= 0.6 is 0 Å². The van der Waals surface area contributed by atoms with Gasteiger partial charge in [0, 0.05) is 5.56 Å². The van der Waals surface area contributed by atoms with Crippen LogP contribution < -0.4 is 19.5 Å². The number of halogens is 1. The first-order chi connectivity index (χ1) is 14.1. The summed E-state index contributed by atoms with van der Waals surface area (Å²) in [4.78, 5) is 12.7. The second kappa shape index (κ2) is 9.05. The van der Waals surface area contributed by atoms with Gasteiger partial charge in [-0.15, -0.1) is 0 Å². The summed E-state index contributed by atoms with van der Waals surface area (Å²) in [7, 11) is 3.04. The molecule has 1 amide bonds. The quantitative estimate of drug-likeness (QED) is 0.615. The van der Waals surface area contributed by atoms with Crippen molar-refractivity contribution < 1.29 is 28.0 Å². The smallest absolute Gasteiger partial charge is 0.266 e. The third-order valence-corrected chi connectivity index (χ3v) is 4.16. The predicted molar refractivity (Wildman–Crippen MR) is 103 cm³/mol. The molecular formula is C20H20FN3O5. The van der Waals surface area contributed by atoms with Crippen LogP contribution in [0.1, 0.15) is 13.3 Å². The van der Waals surface area contributed by atoms with Crippen molar-refractivity contribution in [1.29, 1.82) is 0 Å². The number of carbonyl (C=O) groups excluding carboxylic acids is 1. The van der Waals surface area contributed by atoms with E-state index in [1.54, 1.807) is 37.3 Å². The first-order valence-corrected chi connectivity index (χ1v) is 8.84. The summed E-state index contributed by atoms with van der Waals surface area (Å²) >= 11 is 0. The van der Waals surface area contributed by atoms with Crippen LogP contribution in [0.4, 0.5) is 10.2 Å². The maximum Gasteiger partial charge on any atom is 0.266 e. The molecule has 3 rings (SSSR count). The van der Waals surface area contributed by atoms with E-state index in [1.807, 2.05) is 0 Å². The Morgan fingerprint density at radius 3 is 2.55 bits per heavy atom. The molecule has 0 radical (unpaired) electrons. The minimum absolute atomic E-state index is 0.00658. The molecule has 9 heteroatoms. The van der Waals surface area contributed by atoms with Gasteiger partial charge < -0.3 is 19.5 Å². The largest absolute Gasteiger partial charge is 0.493 e. The number of benzene rings is 2. The lowest BCUT2D eigenvalue weighted by Gasteiger charge is -2.17. The van der Waals surface area contributed by atoms with E-state index in [4.69, 9.17) is 18.8 Å². The normalized spacial score (nSPS) is 11.6. The molecule has 152 valence electrons. The summed E-state index contributed by atoms with van der Waals surface area (Å²) in [6.45, 7) is 1.75. The Morgan fingerprint density at radius 1 is 1.10 bits per heavy atom. The monoisotopic (exact) mass is 401 g/mol. The third-order valence-electron chi connectivity index (χ3n) is 4.16. The van der Waals surface area contributed by atoms with Crippen molar-refractivity contribution >= 4 is 11.7 Å².